The number of imidazole rings is 1. The van der Waals surface area contributed by atoms with Crippen molar-refractivity contribution in [2.24, 2.45) is 0 Å². The fourth-order valence-corrected chi connectivity index (χ4v) is 7.21. The molecule has 1 amide bonds. The molecule has 1 N–H and O–H groups in total. The number of aromatic nitrogens is 2. The van der Waals surface area contributed by atoms with Crippen molar-refractivity contribution < 1.29 is 24.1 Å². The van der Waals surface area contributed by atoms with E-state index < -0.39 is 0 Å². The third-order valence-electron chi connectivity index (χ3n) is 9.83. The van der Waals surface area contributed by atoms with Gasteiger partial charge >= 0.3 is 0 Å². The molecular weight excluding hydrogens is 594 g/mol. The molecule has 10 heteroatoms. The van der Waals surface area contributed by atoms with Crippen molar-refractivity contribution >= 4 is 22.9 Å². The number of aromatic hydroxyl groups is 1. The summed E-state index contributed by atoms with van der Waals surface area (Å²) in [6, 6.07) is 22.2. The third-order valence-corrected chi connectivity index (χ3v) is 9.83. The summed E-state index contributed by atoms with van der Waals surface area (Å²) in [5.74, 6) is 1.28. The van der Waals surface area contributed by atoms with Crippen LogP contribution in [0.1, 0.15) is 42.1 Å². The lowest BCUT2D eigenvalue weighted by molar-refractivity contribution is 0.0780. The Morgan fingerprint density at radius 2 is 1.66 bits per heavy atom. The molecule has 2 aliphatic heterocycles. The van der Waals surface area contributed by atoms with Gasteiger partial charge in [0, 0.05) is 56.9 Å². The van der Waals surface area contributed by atoms with E-state index in [2.05, 4.69) is 69.0 Å². The van der Waals surface area contributed by atoms with Crippen LogP contribution in [0.2, 0.25) is 0 Å². The van der Waals surface area contributed by atoms with Crippen molar-refractivity contribution in [2.45, 2.75) is 38.1 Å². The zero-order valence-electron chi connectivity index (χ0n) is 27.9. The first kappa shape index (κ1) is 32.7. The predicted molar refractivity (Wildman–Crippen MR) is 184 cm³/mol. The minimum Gasteiger partial charge on any atom is -0.502 e. The molecule has 0 bridgehead atoms. The monoisotopic (exact) mass is 641 g/mol. The number of phenols is 1. The number of ether oxygens (including phenoxy) is 3. The topological polar surface area (TPSA) is 92.5 Å². The maximum atomic E-state index is 13.8. The van der Waals surface area contributed by atoms with Crippen molar-refractivity contribution in [3.05, 3.63) is 77.9 Å². The van der Waals surface area contributed by atoms with Gasteiger partial charge < -0.3 is 38.6 Å². The van der Waals surface area contributed by atoms with Gasteiger partial charge in [-0.1, -0.05) is 42.5 Å². The summed E-state index contributed by atoms with van der Waals surface area (Å²) >= 11 is 0. The van der Waals surface area contributed by atoms with E-state index in [0.717, 1.165) is 75.5 Å². The number of hydrogen-bond acceptors (Lipinski definition) is 8. The summed E-state index contributed by atoms with van der Waals surface area (Å²) in [5.41, 5.74) is 3.74. The highest BCUT2D eigenvalue weighted by atomic mass is 16.5. The Morgan fingerprint density at radius 1 is 0.915 bits per heavy atom. The Bertz CT molecular complexity index is 1630. The Morgan fingerprint density at radius 3 is 2.40 bits per heavy atom. The first-order valence-electron chi connectivity index (χ1n) is 16.8. The Balaban J connectivity index is 1.16. The molecule has 1 atom stereocenters. The number of carbonyl (C=O) groups is 1. The molecule has 1 aromatic heterocycles. The average Bonchev–Trinajstić information content (AvgIpc) is 3.63. The zero-order chi connectivity index (χ0) is 32.8. The molecule has 3 aromatic carbocycles. The largest absolute Gasteiger partial charge is 0.502 e. The number of nitrogens with zero attached hydrogens (tertiary/aromatic N) is 5. The van der Waals surface area contributed by atoms with Crippen LogP contribution in [0, 0.1) is 0 Å². The number of rotatable bonds is 12. The lowest BCUT2D eigenvalue weighted by Gasteiger charge is -2.33. The van der Waals surface area contributed by atoms with Crippen LogP contribution in [0.5, 0.6) is 17.2 Å². The number of anilines is 1. The predicted octanol–water partition coefficient (Wildman–Crippen LogP) is 5.18. The minimum absolute atomic E-state index is 0.0861. The lowest BCUT2D eigenvalue weighted by atomic mass is 9.76. The lowest BCUT2D eigenvalue weighted by Crippen LogP contribution is -2.39. The van der Waals surface area contributed by atoms with Gasteiger partial charge in [0.15, 0.2) is 11.5 Å². The number of phenolic OH excluding ortho intramolecular Hbond substituents is 1. The van der Waals surface area contributed by atoms with Gasteiger partial charge in [-0.3, -0.25) is 4.79 Å². The van der Waals surface area contributed by atoms with E-state index in [1.54, 1.807) is 12.1 Å². The molecule has 4 aromatic rings. The molecular formula is C37H47N5O5. The highest BCUT2D eigenvalue weighted by Gasteiger charge is 2.42. The van der Waals surface area contributed by atoms with Gasteiger partial charge in [-0.05, 0) is 69.1 Å². The number of benzene rings is 3. The normalized spacial score (nSPS) is 18.9. The van der Waals surface area contributed by atoms with E-state index in [9.17, 15) is 9.90 Å². The Kier molecular flexibility index (Phi) is 10.2. The molecule has 0 aliphatic carbocycles. The van der Waals surface area contributed by atoms with E-state index in [4.69, 9.17) is 19.2 Å². The molecule has 6 rings (SSSR count). The number of methoxy groups -OCH3 is 2. The van der Waals surface area contributed by atoms with Gasteiger partial charge in [0.25, 0.3) is 5.91 Å². The van der Waals surface area contributed by atoms with E-state index in [1.807, 2.05) is 11.8 Å². The van der Waals surface area contributed by atoms with Gasteiger partial charge in [-0.15, -0.1) is 0 Å². The molecule has 2 fully saturated rings. The summed E-state index contributed by atoms with van der Waals surface area (Å²) in [6.45, 7) is 10.3. The van der Waals surface area contributed by atoms with Crippen molar-refractivity contribution in [3.63, 3.8) is 0 Å². The van der Waals surface area contributed by atoms with Gasteiger partial charge in [-0.2, -0.15) is 0 Å². The molecule has 1 unspecified atom stereocenters. The second-order valence-corrected chi connectivity index (χ2v) is 12.5. The fourth-order valence-electron chi connectivity index (χ4n) is 7.21. The van der Waals surface area contributed by atoms with Crippen LogP contribution in [0.4, 0.5) is 5.95 Å². The maximum absolute atomic E-state index is 13.8. The maximum Gasteiger partial charge on any atom is 0.254 e. The second kappa shape index (κ2) is 14.6. The smallest absolute Gasteiger partial charge is 0.254 e. The van der Waals surface area contributed by atoms with Gasteiger partial charge in [0.1, 0.15) is 0 Å². The van der Waals surface area contributed by atoms with Crippen LogP contribution in [-0.4, -0.2) is 104 Å². The van der Waals surface area contributed by atoms with Crippen LogP contribution in [0.25, 0.3) is 11.0 Å². The van der Waals surface area contributed by atoms with Gasteiger partial charge in [0.05, 0.1) is 31.9 Å². The van der Waals surface area contributed by atoms with Crippen LogP contribution < -0.4 is 14.4 Å². The summed E-state index contributed by atoms with van der Waals surface area (Å²) in [5, 5.41) is 10.4. The van der Waals surface area contributed by atoms with Gasteiger partial charge in [0.2, 0.25) is 11.7 Å². The van der Waals surface area contributed by atoms with Crippen molar-refractivity contribution in [2.75, 3.05) is 78.1 Å². The van der Waals surface area contributed by atoms with Crippen molar-refractivity contribution in [1.29, 1.82) is 0 Å². The molecule has 250 valence electrons. The molecule has 47 heavy (non-hydrogen) atoms. The SMILES string of the molecule is CCOCCn1c(N2CCCN(CCC3(c4ccccc4)CCN(C(=O)c4cc(OC)c(O)c(OC)c4)C3)CC2)nc2ccccc21. The first-order valence-corrected chi connectivity index (χ1v) is 16.8. The number of fused-ring (bicyclic) bond motifs is 1. The number of hydrogen-bond donors (Lipinski definition) is 1. The van der Waals surface area contributed by atoms with E-state index in [-0.39, 0.29) is 28.6 Å². The zero-order valence-corrected chi connectivity index (χ0v) is 27.9. The number of likely N-dealkylation sites (tertiary alicyclic amines) is 1. The number of amides is 1. The van der Waals surface area contributed by atoms with Crippen molar-refractivity contribution in [3.8, 4) is 17.2 Å². The highest BCUT2D eigenvalue weighted by Crippen LogP contribution is 2.41. The van der Waals surface area contributed by atoms with Crippen LogP contribution in [0.15, 0.2) is 66.7 Å². The summed E-state index contributed by atoms with van der Waals surface area (Å²) < 4.78 is 18.7. The molecule has 0 radical (unpaired) electrons. The average molecular weight is 642 g/mol. The number of para-hydroxylation sites is 2. The van der Waals surface area contributed by atoms with Crippen molar-refractivity contribution in [1.82, 2.24) is 19.4 Å². The molecule has 10 nitrogen and oxygen atoms in total. The minimum atomic E-state index is -0.152. The second-order valence-electron chi connectivity index (χ2n) is 12.5. The fraction of sp³-hybridized carbons (Fsp3) is 0.459. The summed E-state index contributed by atoms with van der Waals surface area (Å²) in [4.78, 5) is 25.8. The molecule has 2 aliphatic rings. The quantitative estimate of drug-likeness (QED) is 0.212. The van der Waals surface area contributed by atoms with Crippen LogP contribution in [0.3, 0.4) is 0 Å². The summed E-state index contributed by atoms with van der Waals surface area (Å²) in [7, 11) is 2.94. The van der Waals surface area contributed by atoms with E-state index in [0.29, 0.717) is 31.9 Å². The molecule has 0 saturated carbocycles. The standard InChI is InChI=1S/C37H47N5O5/c1-4-47-24-23-42-31-14-9-8-13-30(31)38-36(42)40-18-10-17-39(21-22-40)19-15-37(29-11-6-5-7-12-29)16-20-41(27-37)35(44)28-25-32(45-2)34(43)33(26-28)46-3/h5-9,11-14,25-26,43H,4,10,15-24,27H2,1-3H3. The molecule has 0 spiro atoms. The molecule has 2 saturated heterocycles. The Hall–Kier alpha value is -4.28. The number of carbonyl (C=O) groups excluding carboxylic acids is 1. The van der Waals surface area contributed by atoms with E-state index >= 15 is 0 Å². The first-order chi connectivity index (χ1) is 23.0. The summed E-state index contributed by atoms with van der Waals surface area (Å²) in [6.07, 6.45) is 2.90. The Labute approximate surface area is 277 Å². The van der Waals surface area contributed by atoms with Crippen LogP contribution >= 0.6 is 0 Å². The molecule has 3 heterocycles. The highest BCUT2D eigenvalue weighted by molar-refractivity contribution is 5.96. The van der Waals surface area contributed by atoms with E-state index in [1.165, 1.54) is 19.8 Å². The van der Waals surface area contributed by atoms with Gasteiger partial charge in [-0.25, -0.2) is 4.98 Å². The van der Waals surface area contributed by atoms with Crippen LogP contribution in [-0.2, 0) is 16.7 Å². The third kappa shape index (κ3) is 6.89.